The van der Waals surface area contributed by atoms with Crippen LogP contribution in [0.3, 0.4) is 0 Å². The fraction of sp³-hybridized carbons (Fsp3) is 0.559. The van der Waals surface area contributed by atoms with E-state index in [1.807, 2.05) is 10.9 Å². The second-order valence-corrected chi connectivity index (χ2v) is 14.2. The summed E-state index contributed by atoms with van der Waals surface area (Å²) in [5.74, 6) is 2.36. The van der Waals surface area contributed by atoms with Crippen molar-refractivity contribution in [3.8, 4) is 5.69 Å². The average Bonchev–Trinajstić information content (AvgIpc) is 3.84. The molecule has 214 valence electrons. The van der Waals surface area contributed by atoms with Crippen LogP contribution in [0, 0.1) is 11.3 Å². The van der Waals surface area contributed by atoms with E-state index in [1.54, 1.807) is 0 Å². The van der Waals surface area contributed by atoms with E-state index in [2.05, 4.69) is 76.8 Å². The lowest BCUT2D eigenvalue weighted by atomic mass is 9.56. The molecule has 41 heavy (non-hydrogen) atoms. The summed E-state index contributed by atoms with van der Waals surface area (Å²) in [7, 11) is 0. The highest BCUT2D eigenvalue weighted by atomic mass is 16.1. The van der Waals surface area contributed by atoms with Crippen molar-refractivity contribution in [1.29, 1.82) is 0 Å². The van der Waals surface area contributed by atoms with E-state index in [-0.39, 0.29) is 11.0 Å². The van der Waals surface area contributed by atoms with Gasteiger partial charge < -0.3 is 9.55 Å². The highest BCUT2D eigenvalue weighted by Gasteiger charge is 2.63. The minimum Gasteiger partial charge on any atom is -0.353 e. The zero-order valence-corrected chi connectivity index (χ0v) is 24.7. The summed E-state index contributed by atoms with van der Waals surface area (Å²) in [4.78, 5) is 20.2. The molecule has 1 saturated heterocycles. The number of rotatable bonds is 7. The smallest absolute Gasteiger partial charge is 0.279 e. The first-order valence-electron chi connectivity index (χ1n) is 15.8. The van der Waals surface area contributed by atoms with E-state index in [0.29, 0.717) is 17.4 Å². The second kappa shape index (κ2) is 9.15. The van der Waals surface area contributed by atoms with Crippen molar-refractivity contribution in [3.63, 3.8) is 0 Å². The lowest BCUT2D eigenvalue weighted by Crippen LogP contribution is -2.46. The Hall–Kier alpha value is -3.19. The molecule has 3 aliphatic carbocycles. The normalized spacial score (nSPS) is 23.4. The molecule has 0 amide bonds. The molecule has 1 aliphatic heterocycles. The Labute approximate surface area is 242 Å². The summed E-state index contributed by atoms with van der Waals surface area (Å²) >= 11 is 0. The van der Waals surface area contributed by atoms with Gasteiger partial charge in [-0.05, 0) is 118 Å². The van der Waals surface area contributed by atoms with Crippen LogP contribution in [-0.2, 0) is 12.0 Å². The number of hydrogen-bond donors (Lipinski definition) is 1. The maximum atomic E-state index is 14.1. The average molecular weight is 551 g/mol. The number of aromatic amines is 1. The molecule has 1 atom stereocenters. The summed E-state index contributed by atoms with van der Waals surface area (Å²) in [5.41, 5.74) is 5.82. The molecule has 1 aromatic carbocycles. The Morgan fingerprint density at radius 2 is 1.95 bits per heavy atom. The quantitative estimate of drug-likeness (QED) is 0.287. The van der Waals surface area contributed by atoms with Gasteiger partial charge >= 0.3 is 0 Å². The fourth-order valence-corrected chi connectivity index (χ4v) is 8.13. The Bertz CT molecular complexity index is 1670. The van der Waals surface area contributed by atoms with Crippen LogP contribution in [0.15, 0.2) is 47.7 Å². The Balaban J connectivity index is 1.20. The number of piperidine rings is 1. The predicted molar refractivity (Wildman–Crippen MR) is 162 cm³/mol. The van der Waals surface area contributed by atoms with Gasteiger partial charge in [0.25, 0.3) is 5.56 Å². The van der Waals surface area contributed by atoms with E-state index < -0.39 is 0 Å². The van der Waals surface area contributed by atoms with Crippen molar-refractivity contribution >= 4 is 10.9 Å². The topological polar surface area (TPSA) is 71.7 Å². The van der Waals surface area contributed by atoms with Crippen LogP contribution in [0.4, 0.5) is 0 Å². The largest absolute Gasteiger partial charge is 0.353 e. The number of fused-ring (bicyclic) bond motifs is 1. The van der Waals surface area contributed by atoms with Crippen molar-refractivity contribution in [1.82, 2.24) is 29.2 Å². The Kier molecular flexibility index (Phi) is 5.70. The molecule has 4 heterocycles. The number of aromatic nitrogens is 5. The molecule has 3 aromatic heterocycles. The van der Waals surface area contributed by atoms with Gasteiger partial charge in [-0.2, -0.15) is 0 Å². The molecule has 4 fully saturated rings. The van der Waals surface area contributed by atoms with Crippen LogP contribution in [0.25, 0.3) is 16.6 Å². The zero-order valence-electron chi connectivity index (χ0n) is 24.7. The van der Waals surface area contributed by atoms with Crippen molar-refractivity contribution in [3.05, 3.63) is 75.9 Å². The summed E-state index contributed by atoms with van der Waals surface area (Å²) < 4.78 is 4.16. The predicted octanol–water partition coefficient (Wildman–Crippen LogP) is 6.46. The van der Waals surface area contributed by atoms with E-state index in [0.717, 1.165) is 66.5 Å². The third-order valence-electron chi connectivity index (χ3n) is 10.6. The third-order valence-corrected chi connectivity index (χ3v) is 10.6. The van der Waals surface area contributed by atoms with Crippen LogP contribution >= 0.6 is 0 Å². The van der Waals surface area contributed by atoms with E-state index >= 15 is 0 Å². The van der Waals surface area contributed by atoms with Crippen molar-refractivity contribution in [2.45, 2.75) is 96.1 Å². The van der Waals surface area contributed by atoms with E-state index in [1.165, 1.54) is 49.7 Å². The lowest BCUT2D eigenvalue weighted by molar-refractivity contribution is 0.142. The molecule has 8 rings (SSSR count). The van der Waals surface area contributed by atoms with Gasteiger partial charge in [-0.1, -0.05) is 19.1 Å². The molecule has 7 heteroatoms. The number of H-pyrrole nitrogens is 1. The standard InChI is InChI=1S/C34H42N6O/c1-22(2)40-21-35-37-32(40)34(19-33(20-34)11-12-33)25-7-4-8-27(14-25)39-18-29(24-9-10-24)28-15-26(36-30(28)31(39)41)17-38-13-5-6-23(3)16-38/h4,7-8,14-15,18,21-24,36H,5-6,9-13,16-17,19-20H2,1-3H3/t23-/m0/s1. The van der Waals surface area contributed by atoms with Gasteiger partial charge in [0.2, 0.25) is 0 Å². The molecular weight excluding hydrogens is 508 g/mol. The van der Waals surface area contributed by atoms with Crippen LogP contribution in [0.2, 0.25) is 0 Å². The van der Waals surface area contributed by atoms with Gasteiger partial charge in [0, 0.05) is 42.1 Å². The van der Waals surface area contributed by atoms with Gasteiger partial charge in [0.15, 0.2) is 0 Å². The third kappa shape index (κ3) is 4.22. The van der Waals surface area contributed by atoms with Gasteiger partial charge in [-0.25, -0.2) is 0 Å². The summed E-state index contributed by atoms with van der Waals surface area (Å²) in [6.45, 7) is 9.91. The van der Waals surface area contributed by atoms with Gasteiger partial charge in [0.1, 0.15) is 17.7 Å². The SMILES string of the molecule is CC(C)n1cnnc1C1(c2cccc(-n3cc(C4CC4)c4cc(CN5CCC[C@H](C)C5)[nH]c4c3=O)c2)CC2(CC2)C1. The number of pyridine rings is 1. The highest BCUT2D eigenvalue weighted by molar-refractivity contribution is 5.84. The summed E-state index contributed by atoms with van der Waals surface area (Å²) in [6.07, 6.45) is 13.9. The molecule has 3 saturated carbocycles. The number of nitrogens with one attached hydrogen (secondary N) is 1. The summed E-state index contributed by atoms with van der Waals surface area (Å²) in [5, 5.41) is 10.2. The molecule has 1 spiro atoms. The molecule has 0 radical (unpaired) electrons. The zero-order chi connectivity index (χ0) is 27.9. The molecule has 7 nitrogen and oxygen atoms in total. The van der Waals surface area contributed by atoms with Crippen molar-refractivity contribution in [2.24, 2.45) is 11.3 Å². The molecule has 4 aromatic rings. The first kappa shape index (κ1) is 25.5. The number of likely N-dealkylation sites (tertiary alicyclic amines) is 1. The van der Waals surface area contributed by atoms with E-state index in [9.17, 15) is 4.79 Å². The van der Waals surface area contributed by atoms with Crippen molar-refractivity contribution in [2.75, 3.05) is 13.1 Å². The maximum Gasteiger partial charge on any atom is 0.279 e. The minimum atomic E-state index is -0.147. The van der Waals surface area contributed by atoms with Crippen LogP contribution in [-0.4, -0.2) is 42.3 Å². The minimum absolute atomic E-state index is 0.0477. The molecular formula is C34H42N6O. The van der Waals surface area contributed by atoms with Crippen LogP contribution in [0.1, 0.15) is 107 Å². The molecule has 0 bridgehead atoms. The maximum absolute atomic E-state index is 14.1. The summed E-state index contributed by atoms with van der Waals surface area (Å²) in [6, 6.07) is 11.3. The van der Waals surface area contributed by atoms with Gasteiger partial charge in [-0.3, -0.25) is 14.3 Å². The number of benzene rings is 1. The van der Waals surface area contributed by atoms with E-state index in [4.69, 9.17) is 5.10 Å². The second-order valence-electron chi connectivity index (χ2n) is 14.2. The van der Waals surface area contributed by atoms with Gasteiger partial charge in [0.05, 0.1) is 5.41 Å². The first-order chi connectivity index (χ1) is 19.8. The first-order valence-corrected chi connectivity index (χ1v) is 15.8. The molecule has 4 aliphatic rings. The molecule has 1 N–H and O–H groups in total. The Morgan fingerprint density at radius 1 is 1.12 bits per heavy atom. The Morgan fingerprint density at radius 3 is 2.68 bits per heavy atom. The van der Waals surface area contributed by atoms with Crippen LogP contribution < -0.4 is 5.56 Å². The molecule has 0 unspecified atom stereocenters. The van der Waals surface area contributed by atoms with Crippen LogP contribution in [0.5, 0.6) is 0 Å². The monoisotopic (exact) mass is 550 g/mol. The number of nitrogens with zero attached hydrogens (tertiary/aromatic N) is 5. The fourth-order valence-electron chi connectivity index (χ4n) is 8.13. The lowest BCUT2D eigenvalue weighted by Gasteiger charge is -2.48. The highest BCUT2D eigenvalue weighted by Crippen LogP contribution is 2.70. The van der Waals surface area contributed by atoms with Crippen molar-refractivity contribution < 1.29 is 0 Å². The van der Waals surface area contributed by atoms with Gasteiger partial charge in [-0.15, -0.1) is 10.2 Å². The number of hydrogen-bond acceptors (Lipinski definition) is 4.